The Labute approximate surface area is 190 Å². The average Bonchev–Trinajstić information content (AvgIpc) is 2.80. The molecule has 2 aliphatic rings. The Kier molecular flexibility index (Phi) is 6.72. The van der Waals surface area contributed by atoms with Crippen molar-refractivity contribution in [3.8, 4) is 11.5 Å². The minimum Gasteiger partial charge on any atom is -0.497 e. The van der Waals surface area contributed by atoms with E-state index in [2.05, 4.69) is 10.2 Å². The number of carbonyl (C=O) groups excluding carboxylic acids is 1. The molecule has 1 amide bonds. The maximum Gasteiger partial charge on any atom is 0.238 e. The molecule has 1 saturated heterocycles. The zero-order valence-electron chi connectivity index (χ0n) is 19.3. The van der Waals surface area contributed by atoms with Gasteiger partial charge >= 0.3 is 0 Å². The van der Waals surface area contributed by atoms with Crippen molar-refractivity contribution in [2.45, 2.75) is 50.7 Å². The van der Waals surface area contributed by atoms with Gasteiger partial charge in [0.25, 0.3) is 0 Å². The highest BCUT2D eigenvalue weighted by Crippen LogP contribution is 2.51. The number of fused-ring (bicyclic) bond motifs is 1. The molecule has 1 saturated carbocycles. The number of benzene rings is 2. The standard InChI is InChI=1S/C26H34N2O4/c1-18-7-9-19(10-8-18)27-24(29)17-28-15-14-26(30)13-5-4-6-22(26)25(28)21-16-20(31-2)11-12-23(21)32-3/h7-12,16,22,25,30H,4-6,13-15,17H2,1-3H3,(H,27,29)/t22-,25-,26-/m1/s1. The highest BCUT2D eigenvalue weighted by atomic mass is 16.5. The second kappa shape index (κ2) is 9.51. The molecule has 6 nitrogen and oxygen atoms in total. The van der Waals surface area contributed by atoms with Gasteiger partial charge in [0.2, 0.25) is 5.91 Å². The second-order valence-corrected chi connectivity index (χ2v) is 9.14. The van der Waals surface area contributed by atoms with Crippen molar-refractivity contribution in [3.63, 3.8) is 0 Å². The maximum atomic E-state index is 13.0. The minimum atomic E-state index is -0.707. The number of anilines is 1. The molecule has 2 aromatic rings. The Morgan fingerprint density at radius 2 is 1.91 bits per heavy atom. The number of amides is 1. The van der Waals surface area contributed by atoms with Crippen molar-refractivity contribution in [2.75, 3.05) is 32.6 Å². The largest absolute Gasteiger partial charge is 0.497 e. The van der Waals surface area contributed by atoms with Crippen LogP contribution in [0.15, 0.2) is 42.5 Å². The predicted molar refractivity (Wildman–Crippen MR) is 125 cm³/mol. The fourth-order valence-electron chi connectivity index (χ4n) is 5.43. The van der Waals surface area contributed by atoms with Crippen LogP contribution < -0.4 is 14.8 Å². The lowest BCUT2D eigenvalue weighted by Gasteiger charge is -2.52. The van der Waals surface area contributed by atoms with Crippen LogP contribution in [0.2, 0.25) is 0 Å². The van der Waals surface area contributed by atoms with E-state index in [1.54, 1.807) is 14.2 Å². The molecule has 0 spiro atoms. The van der Waals surface area contributed by atoms with Gasteiger partial charge < -0.3 is 19.9 Å². The van der Waals surface area contributed by atoms with Crippen LogP contribution in [0.1, 0.15) is 49.3 Å². The molecular weight excluding hydrogens is 404 g/mol. The molecule has 6 heteroatoms. The smallest absolute Gasteiger partial charge is 0.238 e. The third-order valence-corrected chi connectivity index (χ3v) is 7.11. The normalized spacial score (nSPS) is 25.6. The van der Waals surface area contributed by atoms with Crippen LogP contribution in [0.5, 0.6) is 11.5 Å². The SMILES string of the molecule is COc1ccc(OC)c([C@@H]2[C@H]3CCCC[C@@]3(O)CCN2CC(=O)Nc2ccc(C)cc2)c1. The first-order valence-corrected chi connectivity index (χ1v) is 11.5. The van der Waals surface area contributed by atoms with Crippen LogP contribution in [-0.4, -0.2) is 48.8 Å². The Balaban J connectivity index is 1.64. The summed E-state index contributed by atoms with van der Waals surface area (Å²) in [6.07, 6.45) is 4.54. The van der Waals surface area contributed by atoms with Gasteiger partial charge in [0.15, 0.2) is 0 Å². The number of nitrogens with zero attached hydrogens (tertiary/aromatic N) is 1. The van der Waals surface area contributed by atoms with Crippen molar-refractivity contribution < 1.29 is 19.4 Å². The molecule has 4 rings (SSSR count). The molecule has 32 heavy (non-hydrogen) atoms. The lowest BCUT2D eigenvalue weighted by Crippen LogP contribution is -2.56. The van der Waals surface area contributed by atoms with Crippen LogP contribution in [0.4, 0.5) is 5.69 Å². The van der Waals surface area contributed by atoms with Gasteiger partial charge in [-0.1, -0.05) is 30.5 Å². The number of hydrogen-bond acceptors (Lipinski definition) is 5. The lowest BCUT2D eigenvalue weighted by molar-refractivity contribution is -0.135. The van der Waals surface area contributed by atoms with Crippen LogP contribution in [0.3, 0.4) is 0 Å². The molecule has 172 valence electrons. The summed E-state index contributed by atoms with van der Waals surface area (Å²) in [5.74, 6) is 1.49. The van der Waals surface area contributed by atoms with Crippen molar-refractivity contribution in [3.05, 3.63) is 53.6 Å². The Hall–Kier alpha value is -2.57. The van der Waals surface area contributed by atoms with Gasteiger partial charge in [-0.3, -0.25) is 9.69 Å². The van der Waals surface area contributed by atoms with E-state index >= 15 is 0 Å². The van der Waals surface area contributed by atoms with Crippen LogP contribution in [0, 0.1) is 12.8 Å². The monoisotopic (exact) mass is 438 g/mol. The third kappa shape index (κ3) is 4.62. The van der Waals surface area contributed by atoms with Crippen LogP contribution in [-0.2, 0) is 4.79 Å². The molecule has 3 atom stereocenters. The Morgan fingerprint density at radius 1 is 1.12 bits per heavy atom. The lowest BCUT2D eigenvalue weighted by atomic mass is 9.66. The van der Waals surface area contributed by atoms with E-state index in [-0.39, 0.29) is 24.4 Å². The first-order valence-electron chi connectivity index (χ1n) is 11.5. The van der Waals surface area contributed by atoms with Crippen molar-refractivity contribution in [1.29, 1.82) is 0 Å². The highest BCUT2D eigenvalue weighted by molar-refractivity contribution is 5.92. The number of rotatable bonds is 6. The molecule has 0 radical (unpaired) electrons. The molecule has 0 aromatic heterocycles. The Bertz CT molecular complexity index is 945. The summed E-state index contributed by atoms with van der Waals surface area (Å²) in [6.45, 7) is 2.93. The summed E-state index contributed by atoms with van der Waals surface area (Å²) < 4.78 is 11.2. The number of piperidine rings is 1. The van der Waals surface area contributed by atoms with Gasteiger partial charge in [-0.15, -0.1) is 0 Å². The number of aliphatic hydroxyl groups is 1. The maximum absolute atomic E-state index is 13.0. The third-order valence-electron chi connectivity index (χ3n) is 7.11. The van der Waals surface area contributed by atoms with Gasteiger partial charge in [-0.2, -0.15) is 0 Å². The van der Waals surface area contributed by atoms with E-state index in [1.165, 1.54) is 0 Å². The van der Waals surface area contributed by atoms with E-state index < -0.39 is 5.60 Å². The van der Waals surface area contributed by atoms with Crippen molar-refractivity contribution >= 4 is 11.6 Å². The molecule has 2 fully saturated rings. The van der Waals surface area contributed by atoms with E-state index in [4.69, 9.17) is 9.47 Å². The zero-order chi connectivity index (χ0) is 22.7. The highest BCUT2D eigenvalue weighted by Gasteiger charge is 2.50. The molecule has 1 aliphatic carbocycles. The van der Waals surface area contributed by atoms with E-state index in [0.717, 1.165) is 54.0 Å². The zero-order valence-corrected chi connectivity index (χ0v) is 19.3. The summed E-state index contributed by atoms with van der Waals surface area (Å²) in [5, 5.41) is 14.5. The molecule has 1 heterocycles. The van der Waals surface area contributed by atoms with Crippen LogP contribution in [0.25, 0.3) is 0 Å². The number of methoxy groups -OCH3 is 2. The number of nitrogens with one attached hydrogen (secondary N) is 1. The minimum absolute atomic E-state index is 0.0400. The second-order valence-electron chi connectivity index (χ2n) is 9.14. The van der Waals surface area contributed by atoms with Gasteiger partial charge in [0, 0.05) is 29.8 Å². The first-order chi connectivity index (χ1) is 15.4. The fraction of sp³-hybridized carbons (Fsp3) is 0.500. The molecule has 2 N–H and O–H groups in total. The molecule has 1 aliphatic heterocycles. The predicted octanol–water partition coefficient (Wildman–Crippen LogP) is 4.32. The topological polar surface area (TPSA) is 71.0 Å². The molecular formula is C26H34N2O4. The van der Waals surface area contributed by atoms with Crippen LogP contribution >= 0.6 is 0 Å². The van der Waals surface area contributed by atoms with Crippen molar-refractivity contribution in [2.24, 2.45) is 5.92 Å². The molecule has 0 unspecified atom stereocenters. The van der Waals surface area contributed by atoms with Gasteiger partial charge in [-0.25, -0.2) is 0 Å². The summed E-state index contributed by atoms with van der Waals surface area (Å²) in [5.41, 5.74) is 2.21. The number of hydrogen-bond donors (Lipinski definition) is 2. The van der Waals surface area contributed by atoms with E-state index in [9.17, 15) is 9.90 Å². The summed E-state index contributed by atoms with van der Waals surface area (Å²) >= 11 is 0. The van der Waals surface area contributed by atoms with E-state index in [1.807, 2.05) is 49.4 Å². The summed E-state index contributed by atoms with van der Waals surface area (Å²) in [4.78, 5) is 15.2. The average molecular weight is 439 g/mol. The molecule has 0 bridgehead atoms. The van der Waals surface area contributed by atoms with Gasteiger partial charge in [0.1, 0.15) is 11.5 Å². The molecule has 2 aromatic carbocycles. The quantitative estimate of drug-likeness (QED) is 0.703. The first kappa shape index (κ1) is 22.6. The van der Waals surface area contributed by atoms with Gasteiger partial charge in [-0.05, 0) is 56.5 Å². The number of aryl methyl sites for hydroxylation is 1. The van der Waals surface area contributed by atoms with Gasteiger partial charge in [0.05, 0.1) is 26.4 Å². The Morgan fingerprint density at radius 3 is 2.62 bits per heavy atom. The number of carbonyl (C=O) groups is 1. The number of ether oxygens (including phenoxy) is 2. The summed E-state index contributed by atoms with van der Waals surface area (Å²) in [7, 11) is 3.31. The van der Waals surface area contributed by atoms with E-state index in [0.29, 0.717) is 13.0 Å². The van der Waals surface area contributed by atoms with Crippen molar-refractivity contribution in [1.82, 2.24) is 4.90 Å². The fourth-order valence-corrected chi connectivity index (χ4v) is 5.43. The summed E-state index contributed by atoms with van der Waals surface area (Å²) in [6, 6.07) is 13.5. The number of likely N-dealkylation sites (tertiary alicyclic amines) is 1.